The van der Waals surface area contributed by atoms with Crippen LogP contribution in [0.5, 0.6) is 0 Å². The van der Waals surface area contributed by atoms with E-state index < -0.39 is 11.9 Å². The molecule has 0 saturated carbocycles. The van der Waals surface area contributed by atoms with Gasteiger partial charge in [0.1, 0.15) is 0 Å². The number of urea groups is 1. The molecule has 0 aromatic heterocycles. The molecule has 5 nitrogen and oxygen atoms in total. The average Bonchev–Trinajstić information content (AvgIpc) is 2.34. The van der Waals surface area contributed by atoms with Crippen LogP contribution in [0, 0.1) is 5.92 Å². The van der Waals surface area contributed by atoms with Gasteiger partial charge in [-0.15, -0.1) is 0 Å². The van der Waals surface area contributed by atoms with Gasteiger partial charge in [0.2, 0.25) is 0 Å². The number of aliphatic carboxylic acids is 1. The summed E-state index contributed by atoms with van der Waals surface area (Å²) in [5, 5.41) is 11.8. The van der Waals surface area contributed by atoms with E-state index in [2.05, 4.69) is 12.2 Å². The van der Waals surface area contributed by atoms with E-state index in [1.54, 1.807) is 11.8 Å². The quantitative estimate of drug-likeness (QED) is 0.702. The Kier molecular flexibility index (Phi) is 8.16. The molecule has 0 bridgehead atoms. The molecule has 0 aliphatic rings. The van der Waals surface area contributed by atoms with E-state index >= 15 is 0 Å². The third-order valence-corrected chi connectivity index (χ3v) is 3.04. The van der Waals surface area contributed by atoms with Crippen molar-refractivity contribution in [3.05, 3.63) is 0 Å². The van der Waals surface area contributed by atoms with Crippen molar-refractivity contribution >= 4 is 12.0 Å². The molecular weight excluding hydrogens is 232 g/mol. The summed E-state index contributed by atoms with van der Waals surface area (Å²) in [6.45, 7) is 8.36. The van der Waals surface area contributed by atoms with Gasteiger partial charge in [-0.3, -0.25) is 4.79 Å². The minimum atomic E-state index is -0.873. The van der Waals surface area contributed by atoms with Crippen molar-refractivity contribution in [2.24, 2.45) is 5.92 Å². The van der Waals surface area contributed by atoms with Crippen molar-refractivity contribution in [2.45, 2.75) is 53.0 Å². The second kappa shape index (κ2) is 8.78. The van der Waals surface area contributed by atoms with E-state index in [0.29, 0.717) is 6.54 Å². The number of amides is 2. The number of nitrogens with one attached hydrogen (secondary N) is 1. The van der Waals surface area contributed by atoms with Crippen LogP contribution in [0.3, 0.4) is 0 Å². The number of carboxylic acid groups (broad SMARTS) is 1. The summed E-state index contributed by atoms with van der Waals surface area (Å²) in [5.74, 6) is -1.41. The molecule has 5 heteroatoms. The second-order valence-corrected chi connectivity index (χ2v) is 4.62. The number of nitrogens with zero attached hydrogens (tertiary/aromatic N) is 1. The first kappa shape index (κ1) is 16.7. The van der Waals surface area contributed by atoms with E-state index in [-0.39, 0.29) is 18.6 Å². The number of carboxylic acids is 1. The Bertz CT molecular complexity index is 269. The zero-order valence-corrected chi connectivity index (χ0v) is 11.9. The van der Waals surface area contributed by atoms with Gasteiger partial charge in [0, 0.05) is 19.1 Å². The minimum absolute atomic E-state index is 0.161. The van der Waals surface area contributed by atoms with Crippen molar-refractivity contribution in [3.8, 4) is 0 Å². The van der Waals surface area contributed by atoms with Crippen LogP contribution in [0.2, 0.25) is 0 Å². The van der Waals surface area contributed by atoms with Crippen molar-refractivity contribution in [3.63, 3.8) is 0 Å². The molecule has 2 N–H and O–H groups in total. The lowest BCUT2D eigenvalue weighted by atomic mass is 10.1. The largest absolute Gasteiger partial charge is 0.481 e. The molecule has 18 heavy (non-hydrogen) atoms. The zero-order valence-electron chi connectivity index (χ0n) is 11.9. The van der Waals surface area contributed by atoms with Crippen LogP contribution < -0.4 is 5.32 Å². The lowest BCUT2D eigenvalue weighted by molar-refractivity contribution is -0.141. The van der Waals surface area contributed by atoms with Gasteiger partial charge in [-0.2, -0.15) is 0 Å². The normalized spacial score (nSPS) is 13.8. The Labute approximate surface area is 110 Å². The van der Waals surface area contributed by atoms with Crippen LogP contribution in [-0.2, 0) is 4.79 Å². The smallest absolute Gasteiger partial charge is 0.317 e. The van der Waals surface area contributed by atoms with E-state index in [1.807, 2.05) is 13.8 Å². The molecule has 106 valence electrons. The number of carbonyl (C=O) groups excluding carboxylic acids is 1. The Morgan fingerprint density at radius 3 is 2.28 bits per heavy atom. The van der Waals surface area contributed by atoms with Gasteiger partial charge in [0.25, 0.3) is 0 Å². The molecule has 0 saturated heterocycles. The van der Waals surface area contributed by atoms with Crippen LogP contribution in [-0.4, -0.2) is 41.1 Å². The summed E-state index contributed by atoms with van der Waals surface area (Å²) in [4.78, 5) is 24.3. The van der Waals surface area contributed by atoms with Gasteiger partial charge in [-0.05, 0) is 19.8 Å². The molecule has 2 atom stereocenters. The van der Waals surface area contributed by atoms with Crippen LogP contribution in [0.15, 0.2) is 0 Å². The number of rotatable bonds is 8. The molecule has 0 spiro atoms. The van der Waals surface area contributed by atoms with Crippen LogP contribution in [0.25, 0.3) is 0 Å². The third-order valence-electron chi connectivity index (χ3n) is 3.04. The lowest BCUT2D eigenvalue weighted by Crippen LogP contribution is -2.46. The lowest BCUT2D eigenvalue weighted by Gasteiger charge is -2.26. The Balaban J connectivity index is 4.37. The van der Waals surface area contributed by atoms with Gasteiger partial charge in [-0.1, -0.05) is 27.2 Å². The second-order valence-electron chi connectivity index (χ2n) is 4.62. The molecule has 0 heterocycles. The monoisotopic (exact) mass is 258 g/mol. The number of hydrogen-bond donors (Lipinski definition) is 2. The first-order valence-electron chi connectivity index (χ1n) is 6.74. The van der Waals surface area contributed by atoms with E-state index in [9.17, 15) is 9.59 Å². The Hall–Kier alpha value is -1.26. The van der Waals surface area contributed by atoms with Gasteiger partial charge in [-0.25, -0.2) is 4.79 Å². The zero-order chi connectivity index (χ0) is 14.1. The number of carbonyl (C=O) groups is 2. The molecule has 0 fully saturated rings. The summed E-state index contributed by atoms with van der Waals surface area (Å²) < 4.78 is 0. The highest BCUT2D eigenvalue weighted by Gasteiger charge is 2.20. The van der Waals surface area contributed by atoms with Crippen LogP contribution in [0.1, 0.15) is 47.0 Å². The Morgan fingerprint density at radius 2 is 1.89 bits per heavy atom. The van der Waals surface area contributed by atoms with Crippen molar-refractivity contribution in [1.82, 2.24) is 10.2 Å². The highest BCUT2D eigenvalue weighted by Crippen LogP contribution is 2.05. The maximum atomic E-state index is 12.0. The summed E-state index contributed by atoms with van der Waals surface area (Å²) in [6.07, 6.45) is 2.87. The van der Waals surface area contributed by atoms with Crippen molar-refractivity contribution in [1.29, 1.82) is 0 Å². The topological polar surface area (TPSA) is 69.6 Å². The molecule has 0 aliphatic heterocycles. The fraction of sp³-hybridized carbons (Fsp3) is 0.846. The van der Waals surface area contributed by atoms with Gasteiger partial charge < -0.3 is 15.3 Å². The van der Waals surface area contributed by atoms with Crippen molar-refractivity contribution < 1.29 is 14.7 Å². The fourth-order valence-electron chi connectivity index (χ4n) is 1.76. The maximum absolute atomic E-state index is 12.0. The average molecular weight is 258 g/mol. The van der Waals surface area contributed by atoms with Gasteiger partial charge >= 0.3 is 12.0 Å². The number of hydrogen-bond acceptors (Lipinski definition) is 2. The summed E-state index contributed by atoms with van der Waals surface area (Å²) in [7, 11) is 0. The molecule has 0 radical (unpaired) electrons. The summed E-state index contributed by atoms with van der Waals surface area (Å²) >= 11 is 0. The highest BCUT2D eigenvalue weighted by molar-refractivity contribution is 5.76. The standard InChI is InChI=1S/C13H26N2O3/c1-5-8-11(6-2)14-13(18)15(7-3)9-10(4)12(16)17/h10-11H,5-9H2,1-4H3,(H,14,18)(H,16,17). The fourth-order valence-corrected chi connectivity index (χ4v) is 1.76. The Morgan fingerprint density at radius 1 is 1.28 bits per heavy atom. The molecule has 0 aromatic rings. The molecular formula is C13H26N2O3. The molecule has 2 unspecified atom stereocenters. The first-order valence-corrected chi connectivity index (χ1v) is 6.74. The molecule has 0 aromatic carbocycles. The molecule has 0 aliphatic carbocycles. The van der Waals surface area contributed by atoms with Crippen LogP contribution in [0.4, 0.5) is 4.79 Å². The minimum Gasteiger partial charge on any atom is -0.481 e. The summed E-state index contributed by atoms with van der Waals surface area (Å²) in [5.41, 5.74) is 0. The predicted octanol–water partition coefficient (Wildman–Crippen LogP) is 2.32. The van der Waals surface area contributed by atoms with Crippen molar-refractivity contribution in [2.75, 3.05) is 13.1 Å². The van der Waals surface area contributed by atoms with E-state index in [4.69, 9.17) is 5.11 Å². The first-order chi connectivity index (χ1) is 8.46. The SMILES string of the molecule is CCCC(CC)NC(=O)N(CC)CC(C)C(=O)O. The van der Waals surface area contributed by atoms with E-state index in [1.165, 1.54) is 0 Å². The summed E-state index contributed by atoms with van der Waals surface area (Å²) in [6, 6.07) is 0.0163. The molecule has 0 rings (SSSR count). The third kappa shape index (κ3) is 5.89. The van der Waals surface area contributed by atoms with Crippen LogP contribution >= 0.6 is 0 Å². The van der Waals surface area contributed by atoms with E-state index in [0.717, 1.165) is 19.3 Å². The predicted molar refractivity (Wildman–Crippen MR) is 71.6 cm³/mol. The highest BCUT2D eigenvalue weighted by atomic mass is 16.4. The molecule has 2 amide bonds. The van der Waals surface area contributed by atoms with Gasteiger partial charge in [0.05, 0.1) is 5.92 Å². The van der Waals surface area contributed by atoms with Gasteiger partial charge in [0.15, 0.2) is 0 Å². The maximum Gasteiger partial charge on any atom is 0.317 e.